The van der Waals surface area contributed by atoms with E-state index in [9.17, 15) is 5.11 Å². The molecule has 0 aromatic heterocycles. The van der Waals surface area contributed by atoms with Gasteiger partial charge in [0, 0.05) is 5.57 Å². The Labute approximate surface area is 67.4 Å². The van der Waals surface area contributed by atoms with Gasteiger partial charge in [-0.1, -0.05) is 13.8 Å². The van der Waals surface area contributed by atoms with Gasteiger partial charge in [-0.2, -0.15) is 5.26 Å². The predicted molar refractivity (Wildman–Crippen MR) is 28.5 cm³/mol. The van der Waals surface area contributed by atoms with Crippen molar-refractivity contribution in [1.29, 1.82) is 5.26 Å². The van der Waals surface area contributed by atoms with Gasteiger partial charge in [-0.15, -0.1) is 6.26 Å². The molecular formula is C6H8LiNO. The van der Waals surface area contributed by atoms with Crippen molar-refractivity contribution in [2.45, 2.75) is 13.8 Å². The molecule has 0 aromatic rings. The van der Waals surface area contributed by atoms with E-state index in [0.29, 0.717) is 11.8 Å². The average Bonchev–Trinajstić information content (AvgIpc) is 1.69. The van der Waals surface area contributed by atoms with E-state index in [1.54, 1.807) is 6.07 Å². The van der Waals surface area contributed by atoms with Crippen LogP contribution < -0.4 is 24.0 Å². The summed E-state index contributed by atoms with van der Waals surface area (Å²) in [5.41, 5.74) is 0.310. The van der Waals surface area contributed by atoms with Gasteiger partial charge < -0.3 is 5.11 Å². The molecular weight excluding hydrogens is 109 g/mol. The molecule has 0 spiro atoms. The van der Waals surface area contributed by atoms with Crippen molar-refractivity contribution in [2.75, 3.05) is 0 Å². The molecule has 0 aliphatic carbocycles. The smallest absolute Gasteiger partial charge is 0.877 e. The van der Waals surface area contributed by atoms with Crippen LogP contribution in [0.15, 0.2) is 11.8 Å². The third-order valence-corrected chi connectivity index (χ3v) is 0.878. The number of nitrogens with zero attached hydrogens (tertiary/aromatic N) is 1. The van der Waals surface area contributed by atoms with E-state index >= 15 is 0 Å². The second-order valence-corrected chi connectivity index (χ2v) is 1.84. The summed E-state index contributed by atoms with van der Waals surface area (Å²) in [6.07, 6.45) is 0.602. The molecule has 0 saturated heterocycles. The van der Waals surface area contributed by atoms with Crippen molar-refractivity contribution in [3.05, 3.63) is 11.8 Å². The number of hydrogen-bond acceptors (Lipinski definition) is 2. The maximum absolute atomic E-state index is 9.92. The van der Waals surface area contributed by atoms with Crippen molar-refractivity contribution in [3.8, 4) is 6.07 Å². The number of hydrogen-bond donors (Lipinski definition) is 0. The fourth-order valence-corrected chi connectivity index (χ4v) is 0.292. The first-order chi connectivity index (χ1) is 3.72. The molecule has 0 N–H and O–H groups in total. The molecule has 0 aliphatic heterocycles. The summed E-state index contributed by atoms with van der Waals surface area (Å²) in [5, 5.41) is 18.1. The van der Waals surface area contributed by atoms with Gasteiger partial charge in [-0.3, -0.25) is 0 Å². The molecule has 0 rings (SSSR count). The van der Waals surface area contributed by atoms with E-state index in [2.05, 4.69) is 0 Å². The average molecular weight is 117 g/mol. The number of nitriles is 1. The van der Waals surface area contributed by atoms with Crippen molar-refractivity contribution in [2.24, 2.45) is 5.92 Å². The normalized spacial score (nSPS) is 10.2. The third-order valence-electron chi connectivity index (χ3n) is 0.878. The van der Waals surface area contributed by atoms with Crippen LogP contribution in [-0.4, -0.2) is 0 Å². The molecule has 0 aromatic carbocycles. The van der Waals surface area contributed by atoms with Crippen molar-refractivity contribution >= 4 is 0 Å². The Bertz CT molecular complexity index is 134. The third kappa shape index (κ3) is 4.15. The number of allylic oxidation sites excluding steroid dienone is 1. The van der Waals surface area contributed by atoms with Crippen LogP contribution in [0, 0.1) is 17.2 Å². The summed E-state index contributed by atoms with van der Waals surface area (Å²) >= 11 is 0. The fraction of sp³-hybridized carbons (Fsp3) is 0.500. The SMILES string of the molecule is CC(C)/C(C#N)=C\[O-].[Li+]. The molecule has 0 radical (unpaired) electrons. The van der Waals surface area contributed by atoms with E-state index in [1.807, 2.05) is 13.8 Å². The van der Waals surface area contributed by atoms with E-state index < -0.39 is 0 Å². The molecule has 9 heavy (non-hydrogen) atoms. The van der Waals surface area contributed by atoms with Gasteiger partial charge in [0.2, 0.25) is 0 Å². The summed E-state index contributed by atoms with van der Waals surface area (Å²) in [6, 6.07) is 1.80. The van der Waals surface area contributed by atoms with Crippen molar-refractivity contribution < 1.29 is 24.0 Å². The Hall–Kier alpha value is -0.373. The van der Waals surface area contributed by atoms with E-state index in [1.165, 1.54) is 0 Å². The zero-order valence-corrected chi connectivity index (χ0v) is 6.01. The zero-order chi connectivity index (χ0) is 6.57. The maximum atomic E-state index is 9.92. The van der Waals surface area contributed by atoms with Crippen LogP contribution in [0.5, 0.6) is 0 Å². The van der Waals surface area contributed by atoms with E-state index in [0.717, 1.165) is 0 Å². The van der Waals surface area contributed by atoms with Gasteiger partial charge in [0.25, 0.3) is 0 Å². The summed E-state index contributed by atoms with van der Waals surface area (Å²) in [4.78, 5) is 0. The van der Waals surface area contributed by atoms with Gasteiger partial charge in [0.1, 0.15) is 0 Å². The standard InChI is InChI=1S/C6H9NO.Li/c1-5(2)6(3-7)4-8;/h4-5,8H,1-2H3;/q;+1/p-1/b6-4-;. The fourth-order valence-electron chi connectivity index (χ4n) is 0.292. The van der Waals surface area contributed by atoms with Crippen LogP contribution >= 0.6 is 0 Å². The van der Waals surface area contributed by atoms with Crippen LogP contribution in [0.2, 0.25) is 0 Å². The number of rotatable bonds is 1. The topological polar surface area (TPSA) is 46.8 Å². The van der Waals surface area contributed by atoms with Gasteiger partial charge in [-0.25, -0.2) is 0 Å². The molecule has 0 unspecified atom stereocenters. The van der Waals surface area contributed by atoms with Crippen molar-refractivity contribution in [1.82, 2.24) is 0 Å². The van der Waals surface area contributed by atoms with E-state index in [-0.39, 0.29) is 24.8 Å². The molecule has 0 bridgehead atoms. The summed E-state index contributed by atoms with van der Waals surface area (Å²) in [7, 11) is 0. The van der Waals surface area contributed by atoms with Crippen molar-refractivity contribution in [3.63, 3.8) is 0 Å². The minimum Gasteiger partial charge on any atom is -0.877 e. The molecule has 0 saturated carbocycles. The molecule has 0 atom stereocenters. The Kier molecular flexibility index (Phi) is 7.31. The summed E-state index contributed by atoms with van der Waals surface area (Å²) in [5.74, 6) is 0.0671. The Morgan fingerprint density at radius 1 is 1.67 bits per heavy atom. The largest absolute Gasteiger partial charge is 1.00 e. The molecule has 0 fully saturated rings. The van der Waals surface area contributed by atoms with Gasteiger partial charge in [0.15, 0.2) is 0 Å². The zero-order valence-electron chi connectivity index (χ0n) is 6.01. The van der Waals surface area contributed by atoms with E-state index in [4.69, 9.17) is 5.26 Å². The first-order valence-corrected chi connectivity index (χ1v) is 2.44. The van der Waals surface area contributed by atoms with Crippen LogP contribution in [0.3, 0.4) is 0 Å². The van der Waals surface area contributed by atoms with Crippen LogP contribution in [0.25, 0.3) is 0 Å². The predicted octanol–water partition coefficient (Wildman–Crippen LogP) is -2.59. The summed E-state index contributed by atoms with van der Waals surface area (Å²) in [6.45, 7) is 3.62. The van der Waals surface area contributed by atoms with Gasteiger partial charge in [-0.05, 0) is 5.92 Å². The monoisotopic (exact) mass is 117 g/mol. The molecule has 0 heterocycles. The Morgan fingerprint density at radius 3 is 2.11 bits per heavy atom. The van der Waals surface area contributed by atoms with Gasteiger partial charge >= 0.3 is 18.9 Å². The second-order valence-electron chi connectivity index (χ2n) is 1.84. The Morgan fingerprint density at radius 2 is 2.11 bits per heavy atom. The Balaban J connectivity index is 0. The first kappa shape index (κ1) is 11.4. The van der Waals surface area contributed by atoms with Crippen LogP contribution in [-0.2, 0) is 0 Å². The van der Waals surface area contributed by atoms with Crippen LogP contribution in [0.4, 0.5) is 0 Å². The van der Waals surface area contributed by atoms with Crippen LogP contribution in [0.1, 0.15) is 13.8 Å². The second kappa shape index (κ2) is 5.76. The maximum Gasteiger partial charge on any atom is 1.00 e. The quantitative estimate of drug-likeness (QED) is 0.215. The first-order valence-electron chi connectivity index (χ1n) is 2.44. The molecule has 44 valence electrons. The van der Waals surface area contributed by atoms with Gasteiger partial charge in [0.05, 0.1) is 6.07 Å². The minimum atomic E-state index is 0. The summed E-state index contributed by atoms with van der Waals surface area (Å²) < 4.78 is 0. The molecule has 3 heteroatoms. The molecule has 0 amide bonds. The molecule has 0 aliphatic rings. The minimum absolute atomic E-state index is 0. The molecule has 2 nitrogen and oxygen atoms in total.